The fraction of sp³-hybridized carbons (Fsp3) is 0.250. The van der Waals surface area contributed by atoms with Gasteiger partial charge in [-0.3, -0.25) is 0 Å². The molecular weight excluding hydrogens is 302 g/mol. The van der Waals surface area contributed by atoms with Crippen molar-refractivity contribution in [1.29, 1.82) is 0 Å². The van der Waals surface area contributed by atoms with Crippen molar-refractivity contribution in [3.63, 3.8) is 0 Å². The van der Waals surface area contributed by atoms with Crippen LogP contribution in [0.3, 0.4) is 0 Å². The second-order valence-corrected chi connectivity index (χ2v) is 8.39. The topological polar surface area (TPSA) is 46.2 Å². The summed E-state index contributed by atoms with van der Waals surface area (Å²) >= 11 is 1.76. The molecule has 0 fully saturated rings. The van der Waals surface area contributed by atoms with Crippen molar-refractivity contribution in [3.8, 4) is 0 Å². The Morgan fingerprint density at radius 2 is 1.67 bits per heavy atom. The molecule has 1 atom stereocenters. The third-order valence-corrected chi connectivity index (χ3v) is 5.22. The number of nitrogens with one attached hydrogen (secondary N) is 1. The Bertz CT molecular complexity index is 684. The summed E-state index contributed by atoms with van der Waals surface area (Å²) in [6.07, 6.45) is 1.23. The molecule has 2 aromatic rings. The maximum atomic E-state index is 11.7. The van der Waals surface area contributed by atoms with Gasteiger partial charge in [-0.15, -0.1) is 11.8 Å². The van der Waals surface area contributed by atoms with Crippen molar-refractivity contribution in [3.05, 3.63) is 54.6 Å². The molecule has 2 aromatic carbocycles. The van der Waals surface area contributed by atoms with Gasteiger partial charge in [0.25, 0.3) is 0 Å². The van der Waals surface area contributed by atoms with Gasteiger partial charge in [0.15, 0.2) is 9.84 Å². The molecule has 0 heterocycles. The second kappa shape index (κ2) is 7.00. The van der Waals surface area contributed by atoms with Crippen LogP contribution in [0.5, 0.6) is 0 Å². The average molecular weight is 321 g/mol. The summed E-state index contributed by atoms with van der Waals surface area (Å²) in [4.78, 5) is 1.56. The predicted molar refractivity (Wildman–Crippen MR) is 89.8 cm³/mol. The Morgan fingerprint density at radius 1 is 1.05 bits per heavy atom. The standard InChI is InChI=1S/C16H19NO2S2/c1-13(20-14-8-4-3-5-9-14)12-17-15-10-6-7-11-16(15)21(2,18)19/h3-11,13,17H,12H2,1-2H3. The van der Waals surface area contributed by atoms with Gasteiger partial charge in [0.05, 0.1) is 10.6 Å². The SMILES string of the molecule is CC(CNc1ccccc1S(C)(=O)=O)Sc1ccccc1. The Kier molecular flexibility index (Phi) is 5.31. The molecule has 0 spiro atoms. The van der Waals surface area contributed by atoms with Gasteiger partial charge < -0.3 is 5.32 Å². The van der Waals surface area contributed by atoms with Gasteiger partial charge in [0.2, 0.25) is 0 Å². The van der Waals surface area contributed by atoms with Crippen LogP contribution in [0.2, 0.25) is 0 Å². The highest BCUT2D eigenvalue weighted by Crippen LogP contribution is 2.25. The van der Waals surface area contributed by atoms with Gasteiger partial charge in [0.1, 0.15) is 0 Å². The van der Waals surface area contributed by atoms with E-state index in [1.54, 1.807) is 30.0 Å². The van der Waals surface area contributed by atoms with Crippen LogP contribution in [0.25, 0.3) is 0 Å². The quantitative estimate of drug-likeness (QED) is 0.824. The molecular formula is C16H19NO2S2. The van der Waals surface area contributed by atoms with E-state index in [1.807, 2.05) is 24.3 Å². The highest BCUT2D eigenvalue weighted by molar-refractivity contribution is 8.00. The lowest BCUT2D eigenvalue weighted by molar-refractivity contribution is 0.602. The fourth-order valence-corrected chi connectivity index (χ4v) is 3.77. The Balaban J connectivity index is 2.00. The third kappa shape index (κ3) is 4.79. The molecule has 0 radical (unpaired) electrons. The van der Waals surface area contributed by atoms with E-state index in [4.69, 9.17) is 0 Å². The fourth-order valence-electron chi connectivity index (χ4n) is 1.96. The lowest BCUT2D eigenvalue weighted by Gasteiger charge is -2.15. The van der Waals surface area contributed by atoms with E-state index in [-0.39, 0.29) is 0 Å². The maximum absolute atomic E-state index is 11.7. The Morgan fingerprint density at radius 3 is 2.33 bits per heavy atom. The molecule has 3 nitrogen and oxygen atoms in total. The van der Waals surface area contributed by atoms with Crippen LogP contribution < -0.4 is 5.32 Å². The molecule has 1 unspecified atom stereocenters. The number of hydrogen-bond donors (Lipinski definition) is 1. The first-order chi connectivity index (χ1) is 9.97. The maximum Gasteiger partial charge on any atom is 0.177 e. The minimum atomic E-state index is -3.21. The van der Waals surface area contributed by atoms with E-state index in [0.717, 1.165) is 0 Å². The summed E-state index contributed by atoms with van der Waals surface area (Å²) in [6.45, 7) is 2.82. The van der Waals surface area contributed by atoms with Crippen LogP contribution >= 0.6 is 11.8 Å². The first kappa shape index (κ1) is 15.9. The van der Waals surface area contributed by atoms with Gasteiger partial charge in [-0.2, -0.15) is 0 Å². The predicted octanol–water partition coefficient (Wildman–Crippen LogP) is 3.68. The molecule has 0 aliphatic rings. The molecule has 0 aliphatic heterocycles. The molecule has 0 saturated heterocycles. The minimum Gasteiger partial charge on any atom is -0.383 e. The van der Waals surface area contributed by atoms with Gasteiger partial charge in [-0.1, -0.05) is 37.3 Å². The molecule has 5 heteroatoms. The molecule has 1 N–H and O–H groups in total. The van der Waals surface area contributed by atoms with Crippen molar-refractivity contribution in [1.82, 2.24) is 0 Å². The molecule has 0 amide bonds. The number of hydrogen-bond acceptors (Lipinski definition) is 4. The molecule has 0 saturated carbocycles. The zero-order chi connectivity index (χ0) is 15.3. The summed E-state index contributed by atoms with van der Waals surface area (Å²) in [6, 6.07) is 17.2. The number of rotatable bonds is 6. The summed E-state index contributed by atoms with van der Waals surface area (Å²) < 4.78 is 23.5. The van der Waals surface area contributed by atoms with Crippen LogP contribution in [-0.2, 0) is 9.84 Å². The molecule has 112 valence electrons. The normalized spacial score (nSPS) is 12.9. The van der Waals surface area contributed by atoms with Crippen molar-refractivity contribution in [2.45, 2.75) is 22.0 Å². The Hall–Kier alpha value is -1.46. The summed E-state index contributed by atoms with van der Waals surface area (Å²) in [7, 11) is -3.21. The van der Waals surface area contributed by atoms with E-state index in [2.05, 4.69) is 24.4 Å². The summed E-state index contributed by atoms with van der Waals surface area (Å²) in [5.41, 5.74) is 0.667. The van der Waals surface area contributed by atoms with Crippen LogP contribution in [0, 0.1) is 0 Å². The smallest absolute Gasteiger partial charge is 0.177 e. The van der Waals surface area contributed by atoms with Gasteiger partial charge >= 0.3 is 0 Å². The molecule has 0 aromatic heterocycles. The number of benzene rings is 2. The van der Waals surface area contributed by atoms with E-state index in [0.29, 0.717) is 22.4 Å². The van der Waals surface area contributed by atoms with Gasteiger partial charge in [-0.05, 0) is 24.3 Å². The second-order valence-electron chi connectivity index (χ2n) is 4.89. The zero-order valence-electron chi connectivity index (χ0n) is 12.1. The van der Waals surface area contributed by atoms with Crippen molar-refractivity contribution >= 4 is 27.3 Å². The van der Waals surface area contributed by atoms with E-state index in [1.165, 1.54) is 11.2 Å². The third-order valence-electron chi connectivity index (χ3n) is 2.95. The Labute approximate surface area is 130 Å². The lowest BCUT2D eigenvalue weighted by Crippen LogP contribution is -2.15. The summed E-state index contributed by atoms with van der Waals surface area (Å²) in [5.74, 6) is 0. The monoisotopic (exact) mass is 321 g/mol. The molecule has 21 heavy (non-hydrogen) atoms. The van der Waals surface area contributed by atoms with E-state index < -0.39 is 9.84 Å². The zero-order valence-corrected chi connectivity index (χ0v) is 13.7. The number of sulfone groups is 1. The average Bonchev–Trinajstić information content (AvgIpc) is 2.45. The first-order valence-electron chi connectivity index (χ1n) is 6.71. The molecule has 0 bridgehead atoms. The van der Waals surface area contributed by atoms with E-state index >= 15 is 0 Å². The lowest BCUT2D eigenvalue weighted by atomic mass is 10.3. The van der Waals surface area contributed by atoms with Crippen LogP contribution in [0.1, 0.15) is 6.92 Å². The highest BCUT2D eigenvalue weighted by atomic mass is 32.2. The summed E-state index contributed by atoms with van der Waals surface area (Å²) in [5, 5.41) is 3.57. The van der Waals surface area contributed by atoms with Gasteiger partial charge in [-0.25, -0.2) is 8.42 Å². The number of anilines is 1. The van der Waals surface area contributed by atoms with Crippen molar-refractivity contribution in [2.75, 3.05) is 18.1 Å². The number of para-hydroxylation sites is 1. The van der Waals surface area contributed by atoms with Crippen LogP contribution in [0.4, 0.5) is 5.69 Å². The van der Waals surface area contributed by atoms with Crippen molar-refractivity contribution < 1.29 is 8.42 Å². The van der Waals surface area contributed by atoms with Crippen molar-refractivity contribution in [2.24, 2.45) is 0 Å². The van der Waals surface area contributed by atoms with Crippen LogP contribution in [0.15, 0.2) is 64.4 Å². The highest BCUT2D eigenvalue weighted by Gasteiger charge is 2.13. The van der Waals surface area contributed by atoms with E-state index in [9.17, 15) is 8.42 Å². The molecule has 2 rings (SSSR count). The van der Waals surface area contributed by atoms with Gasteiger partial charge in [0, 0.05) is 22.9 Å². The molecule has 0 aliphatic carbocycles. The minimum absolute atomic E-state index is 0.333. The first-order valence-corrected chi connectivity index (χ1v) is 9.48. The number of thioether (sulfide) groups is 1. The van der Waals surface area contributed by atoms with Crippen LogP contribution in [-0.4, -0.2) is 26.5 Å². The largest absolute Gasteiger partial charge is 0.383 e.